The van der Waals surface area contributed by atoms with Gasteiger partial charge in [-0.05, 0) is 18.7 Å². The third-order valence-electron chi connectivity index (χ3n) is 2.54. The van der Waals surface area contributed by atoms with Crippen LogP contribution in [0.15, 0.2) is 24.4 Å². The van der Waals surface area contributed by atoms with Crippen LogP contribution in [0.2, 0.25) is 0 Å². The molecule has 16 heavy (non-hydrogen) atoms. The lowest BCUT2D eigenvalue weighted by Gasteiger charge is -2.20. The summed E-state index contributed by atoms with van der Waals surface area (Å²) in [6.45, 7) is 10.7. The minimum Gasteiger partial charge on any atom is -0.313 e. The summed E-state index contributed by atoms with van der Waals surface area (Å²) in [5.74, 6) is 0. The van der Waals surface area contributed by atoms with E-state index in [2.05, 4.69) is 42.0 Å². The van der Waals surface area contributed by atoms with Gasteiger partial charge in [-0.25, -0.2) is 0 Å². The zero-order valence-corrected chi connectivity index (χ0v) is 10.6. The molecule has 0 spiro atoms. The van der Waals surface area contributed by atoms with Crippen molar-refractivity contribution < 1.29 is 0 Å². The minimum atomic E-state index is 0.563. The first-order chi connectivity index (χ1) is 7.72. The standard InChI is InChI=1S/C13H23N3/c1-4-16(10-9-14-12(2)3)11-13-7-5-6-8-15-13/h5-8,12,14H,4,9-11H2,1-3H3. The van der Waals surface area contributed by atoms with Gasteiger partial charge in [-0.1, -0.05) is 26.8 Å². The van der Waals surface area contributed by atoms with Crippen LogP contribution in [-0.2, 0) is 6.54 Å². The van der Waals surface area contributed by atoms with E-state index in [-0.39, 0.29) is 0 Å². The second-order valence-electron chi connectivity index (χ2n) is 4.30. The van der Waals surface area contributed by atoms with Crippen LogP contribution in [0.5, 0.6) is 0 Å². The maximum atomic E-state index is 4.35. The highest BCUT2D eigenvalue weighted by molar-refractivity contribution is 5.03. The molecule has 1 aromatic heterocycles. The molecule has 0 aromatic carbocycles. The molecule has 3 nitrogen and oxygen atoms in total. The molecular weight excluding hydrogens is 198 g/mol. The fourth-order valence-electron chi connectivity index (χ4n) is 1.58. The van der Waals surface area contributed by atoms with Gasteiger partial charge < -0.3 is 5.32 Å². The molecule has 90 valence electrons. The number of pyridine rings is 1. The molecule has 0 unspecified atom stereocenters. The van der Waals surface area contributed by atoms with E-state index in [1.807, 2.05) is 18.3 Å². The average molecular weight is 221 g/mol. The van der Waals surface area contributed by atoms with Crippen molar-refractivity contribution >= 4 is 0 Å². The van der Waals surface area contributed by atoms with Gasteiger partial charge in [0.15, 0.2) is 0 Å². The molecule has 1 rings (SSSR count). The minimum absolute atomic E-state index is 0.563. The summed E-state index contributed by atoms with van der Waals surface area (Å²) >= 11 is 0. The molecule has 0 aliphatic rings. The number of nitrogens with zero attached hydrogens (tertiary/aromatic N) is 2. The van der Waals surface area contributed by atoms with Gasteiger partial charge in [0.25, 0.3) is 0 Å². The third-order valence-corrected chi connectivity index (χ3v) is 2.54. The second kappa shape index (κ2) is 7.36. The molecule has 0 saturated heterocycles. The summed E-state index contributed by atoms with van der Waals surface area (Å²) in [7, 11) is 0. The Morgan fingerprint density at radius 3 is 2.75 bits per heavy atom. The van der Waals surface area contributed by atoms with E-state index in [4.69, 9.17) is 0 Å². The smallest absolute Gasteiger partial charge is 0.0543 e. The van der Waals surface area contributed by atoms with Crippen molar-refractivity contribution in [2.45, 2.75) is 33.4 Å². The fraction of sp³-hybridized carbons (Fsp3) is 0.615. The predicted molar refractivity (Wildman–Crippen MR) is 68.3 cm³/mol. The van der Waals surface area contributed by atoms with E-state index < -0.39 is 0 Å². The third kappa shape index (κ3) is 5.24. The summed E-state index contributed by atoms with van der Waals surface area (Å²) in [6, 6.07) is 6.65. The summed E-state index contributed by atoms with van der Waals surface area (Å²) in [5.41, 5.74) is 1.15. The highest BCUT2D eigenvalue weighted by atomic mass is 15.1. The molecule has 1 N–H and O–H groups in total. The van der Waals surface area contributed by atoms with Crippen LogP contribution in [-0.4, -0.2) is 35.6 Å². The van der Waals surface area contributed by atoms with E-state index in [9.17, 15) is 0 Å². The van der Waals surface area contributed by atoms with E-state index in [0.717, 1.165) is 31.9 Å². The highest BCUT2D eigenvalue weighted by Gasteiger charge is 2.04. The SMILES string of the molecule is CCN(CCNC(C)C)Cc1ccccn1. The topological polar surface area (TPSA) is 28.2 Å². The van der Waals surface area contributed by atoms with Crippen LogP contribution < -0.4 is 5.32 Å². The quantitative estimate of drug-likeness (QED) is 0.762. The maximum Gasteiger partial charge on any atom is 0.0543 e. The number of hydrogen-bond acceptors (Lipinski definition) is 3. The molecule has 0 bridgehead atoms. The monoisotopic (exact) mass is 221 g/mol. The number of nitrogens with one attached hydrogen (secondary N) is 1. The normalized spacial score (nSPS) is 11.3. The largest absolute Gasteiger partial charge is 0.313 e. The molecule has 0 atom stereocenters. The van der Waals surface area contributed by atoms with Gasteiger partial charge >= 0.3 is 0 Å². The van der Waals surface area contributed by atoms with Crippen LogP contribution in [0.1, 0.15) is 26.5 Å². The van der Waals surface area contributed by atoms with Crippen molar-refractivity contribution in [3.05, 3.63) is 30.1 Å². The van der Waals surface area contributed by atoms with Crippen molar-refractivity contribution in [1.82, 2.24) is 15.2 Å². The summed E-state index contributed by atoms with van der Waals surface area (Å²) in [4.78, 5) is 6.75. The van der Waals surface area contributed by atoms with Crippen molar-refractivity contribution in [2.75, 3.05) is 19.6 Å². The molecule has 1 heterocycles. The second-order valence-corrected chi connectivity index (χ2v) is 4.30. The van der Waals surface area contributed by atoms with Crippen LogP contribution in [0, 0.1) is 0 Å². The van der Waals surface area contributed by atoms with Crippen LogP contribution in [0.25, 0.3) is 0 Å². The van der Waals surface area contributed by atoms with Crippen LogP contribution >= 0.6 is 0 Å². The Labute approximate surface area is 98.9 Å². The highest BCUT2D eigenvalue weighted by Crippen LogP contribution is 1.99. The Kier molecular flexibility index (Phi) is 6.04. The Balaban J connectivity index is 2.32. The number of rotatable bonds is 7. The molecule has 0 amide bonds. The maximum absolute atomic E-state index is 4.35. The fourth-order valence-corrected chi connectivity index (χ4v) is 1.58. The van der Waals surface area contributed by atoms with Gasteiger partial charge in [0.05, 0.1) is 5.69 Å². The molecule has 3 heteroatoms. The van der Waals surface area contributed by atoms with Gasteiger partial charge in [0.2, 0.25) is 0 Å². The van der Waals surface area contributed by atoms with Gasteiger partial charge in [0, 0.05) is 31.9 Å². The first kappa shape index (κ1) is 13.1. The summed E-state index contributed by atoms with van der Waals surface area (Å²) < 4.78 is 0. The Morgan fingerprint density at radius 2 is 2.19 bits per heavy atom. The lowest BCUT2D eigenvalue weighted by atomic mass is 10.3. The molecule has 1 aromatic rings. The molecule has 0 aliphatic carbocycles. The number of aromatic nitrogens is 1. The zero-order valence-electron chi connectivity index (χ0n) is 10.6. The average Bonchev–Trinajstić information content (AvgIpc) is 2.28. The Bertz CT molecular complexity index is 272. The van der Waals surface area contributed by atoms with E-state index in [1.165, 1.54) is 0 Å². The van der Waals surface area contributed by atoms with Crippen molar-refractivity contribution in [1.29, 1.82) is 0 Å². The molecule has 0 fully saturated rings. The molecule has 0 saturated carbocycles. The Hall–Kier alpha value is -0.930. The van der Waals surface area contributed by atoms with Crippen LogP contribution in [0.4, 0.5) is 0 Å². The van der Waals surface area contributed by atoms with E-state index >= 15 is 0 Å². The summed E-state index contributed by atoms with van der Waals surface area (Å²) in [6.07, 6.45) is 1.86. The Morgan fingerprint density at radius 1 is 1.38 bits per heavy atom. The number of hydrogen-bond donors (Lipinski definition) is 1. The lowest BCUT2D eigenvalue weighted by molar-refractivity contribution is 0.273. The van der Waals surface area contributed by atoms with Crippen molar-refractivity contribution in [3.63, 3.8) is 0 Å². The molecular formula is C13H23N3. The zero-order chi connectivity index (χ0) is 11.8. The molecule has 0 radical (unpaired) electrons. The molecule has 0 aliphatic heterocycles. The van der Waals surface area contributed by atoms with Crippen molar-refractivity contribution in [3.8, 4) is 0 Å². The van der Waals surface area contributed by atoms with Gasteiger partial charge in [0.1, 0.15) is 0 Å². The van der Waals surface area contributed by atoms with E-state index in [1.54, 1.807) is 0 Å². The van der Waals surface area contributed by atoms with Crippen molar-refractivity contribution in [2.24, 2.45) is 0 Å². The van der Waals surface area contributed by atoms with Gasteiger partial charge in [-0.3, -0.25) is 9.88 Å². The van der Waals surface area contributed by atoms with Crippen LogP contribution in [0.3, 0.4) is 0 Å². The van der Waals surface area contributed by atoms with E-state index in [0.29, 0.717) is 6.04 Å². The van der Waals surface area contributed by atoms with Gasteiger partial charge in [-0.15, -0.1) is 0 Å². The first-order valence-electron chi connectivity index (χ1n) is 6.08. The predicted octanol–water partition coefficient (Wildman–Crippen LogP) is 1.90. The first-order valence-corrected chi connectivity index (χ1v) is 6.08. The van der Waals surface area contributed by atoms with Gasteiger partial charge in [-0.2, -0.15) is 0 Å². The summed E-state index contributed by atoms with van der Waals surface area (Å²) in [5, 5.41) is 3.43. The number of likely N-dealkylation sites (N-methyl/N-ethyl adjacent to an activating group) is 1. The lowest BCUT2D eigenvalue weighted by Crippen LogP contribution is -2.34.